The molecule has 2 N–H and O–H groups in total. The maximum atomic E-state index is 14.8. The Kier molecular flexibility index (Phi) is 5.76. The Bertz CT molecular complexity index is 897. The number of amides is 1. The van der Waals surface area contributed by atoms with E-state index in [2.05, 4.69) is 15.6 Å². The Hall–Kier alpha value is -2.87. The van der Waals surface area contributed by atoms with Gasteiger partial charge in [0.1, 0.15) is 11.4 Å². The zero-order chi connectivity index (χ0) is 21.1. The van der Waals surface area contributed by atoms with E-state index in [1.54, 1.807) is 0 Å². The number of hydrogen-bond donors (Lipinski definition) is 2. The number of anilines is 1. The Labute approximate surface area is 175 Å². The van der Waals surface area contributed by atoms with E-state index in [1.165, 1.54) is 13.2 Å². The number of aromatic nitrogens is 1. The van der Waals surface area contributed by atoms with Crippen LogP contribution in [0.3, 0.4) is 0 Å². The molecule has 0 radical (unpaired) electrons. The lowest BCUT2D eigenvalue weighted by Crippen LogP contribution is -2.63. The third kappa shape index (κ3) is 4.33. The topological polar surface area (TPSA) is 75.7 Å². The van der Waals surface area contributed by atoms with Crippen LogP contribution in [-0.2, 0) is 11.3 Å². The second-order valence-electron chi connectivity index (χ2n) is 8.05. The van der Waals surface area contributed by atoms with Gasteiger partial charge in [-0.2, -0.15) is 4.98 Å². The number of pyridine rings is 1. The van der Waals surface area contributed by atoms with Crippen molar-refractivity contribution in [2.75, 3.05) is 31.6 Å². The predicted octanol–water partition coefficient (Wildman–Crippen LogP) is 2.26. The lowest BCUT2D eigenvalue weighted by Gasteiger charge is -2.48. The van der Waals surface area contributed by atoms with Gasteiger partial charge in [-0.25, -0.2) is 4.39 Å². The van der Waals surface area contributed by atoms with Crippen LogP contribution in [0.5, 0.6) is 11.6 Å². The first-order chi connectivity index (χ1) is 14.5. The average Bonchev–Trinajstić information content (AvgIpc) is 3.26. The van der Waals surface area contributed by atoms with Crippen molar-refractivity contribution in [3.63, 3.8) is 0 Å². The summed E-state index contributed by atoms with van der Waals surface area (Å²) in [7, 11) is 1.49. The highest BCUT2D eigenvalue weighted by Crippen LogP contribution is 2.34. The largest absolute Gasteiger partial charge is 0.484 e. The molecule has 2 fully saturated rings. The van der Waals surface area contributed by atoms with Crippen molar-refractivity contribution in [2.24, 2.45) is 0 Å². The van der Waals surface area contributed by atoms with E-state index in [0.717, 1.165) is 25.1 Å². The van der Waals surface area contributed by atoms with Gasteiger partial charge in [-0.3, -0.25) is 4.79 Å². The molecular formula is C22H27FN4O3. The number of nitrogens with one attached hydrogen (secondary N) is 2. The van der Waals surface area contributed by atoms with Crippen LogP contribution in [0.25, 0.3) is 0 Å². The molecule has 7 nitrogen and oxygen atoms in total. The fourth-order valence-electron chi connectivity index (χ4n) is 3.99. The molecule has 0 spiro atoms. The van der Waals surface area contributed by atoms with Crippen molar-refractivity contribution in [2.45, 2.75) is 38.0 Å². The van der Waals surface area contributed by atoms with E-state index in [4.69, 9.17) is 9.47 Å². The van der Waals surface area contributed by atoms with Crippen molar-refractivity contribution in [3.8, 4) is 11.6 Å². The zero-order valence-corrected chi connectivity index (χ0v) is 17.3. The summed E-state index contributed by atoms with van der Waals surface area (Å²) in [6.45, 7) is 4.03. The van der Waals surface area contributed by atoms with Gasteiger partial charge in [0.15, 0.2) is 11.6 Å². The molecule has 2 aromatic rings. The summed E-state index contributed by atoms with van der Waals surface area (Å²) in [4.78, 5) is 18.4. The third-order valence-electron chi connectivity index (χ3n) is 5.48. The molecule has 0 saturated carbocycles. The van der Waals surface area contributed by atoms with Crippen molar-refractivity contribution in [3.05, 3.63) is 47.8 Å². The van der Waals surface area contributed by atoms with Crippen LogP contribution in [-0.4, -0.2) is 49.3 Å². The molecule has 1 amide bonds. The molecule has 2 aliphatic heterocycles. The first-order valence-corrected chi connectivity index (χ1v) is 10.2. The Balaban J connectivity index is 1.40. The minimum absolute atomic E-state index is 0.0874. The fraction of sp³-hybridized carbons (Fsp3) is 0.455. The van der Waals surface area contributed by atoms with E-state index < -0.39 is 11.4 Å². The maximum absolute atomic E-state index is 14.8. The quantitative estimate of drug-likeness (QED) is 0.724. The van der Waals surface area contributed by atoms with Crippen LogP contribution >= 0.6 is 0 Å². The molecule has 160 valence electrons. The van der Waals surface area contributed by atoms with Gasteiger partial charge in [-0.1, -0.05) is 18.2 Å². The fourth-order valence-corrected chi connectivity index (χ4v) is 3.99. The number of nitrogens with zero attached hydrogens (tertiary/aromatic N) is 2. The van der Waals surface area contributed by atoms with Crippen molar-refractivity contribution < 1.29 is 18.7 Å². The molecule has 1 atom stereocenters. The molecule has 30 heavy (non-hydrogen) atoms. The molecule has 3 heterocycles. The highest BCUT2D eigenvalue weighted by atomic mass is 19.1. The lowest BCUT2D eigenvalue weighted by molar-refractivity contribution is -0.122. The van der Waals surface area contributed by atoms with Crippen LogP contribution in [0, 0.1) is 5.82 Å². The molecule has 2 saturated heterocycles. The highest BCUT2D eigenvalue weighted by molar-refractivity contribution is 5.82. The summed E-state index contributed by atoms with van der Waals surface area (Å²) < 4.78 is 26.2. The summed E-state index contributed by atoms with van der Waals surface area (Å²) in [5.41, 5.74) is 0.0952. The number of carbonyl (C=O) groups is 1. The van der Waals surface area contributed by atoms with Crippen LogP contribution in [0.1, 0.15) is 25.3 Å². The van der Waals surface area contributed by atoms with Gasteiger partial charge in [0.2, 0.25) is 11.8 Å². The smallest absolute Gasteiger partial charge is 0.237 e. The van der Waals surface area contributed by atoms with E-state index >= 15 is 0 Å². The second kappa shape index (κ2) is 8.47. The van der Waals surface area contributed by atoms with Gasteiger partial charge in [-0.15, -0.1) is 0 Å². The van der Waals surface area contributed by atoms with Crippen LogP contribution < -0.4 is 25.0 Å². The van der Waals surface area contributed by atoms with Gasteiger partial charge >= 0.3 is 0 Å². The summed E-state index contributed by atoms with van der Waals surface area (Å²) in [6.07, 6.45) is 1.79. The number of ether oxygens (including phenoxy) is 2. The van der Waals surface area contributed by atoms with Gasteiger partial charge in [0.05, 0.1) is 26.2 Å². The molecular weight excluding hydrogens is 387 g/mol. The molecule has 0 aliphatic carbocycles. The Morgan fingerprint density at radius 1 is 1.37 bits per heavy atom. The highest BCUT2D eigenvalue weighted by Gasteiger charge is 2.43. The minimum Gasteiger partial charge on any atom is -0.484 e. The van der Waals surface area contributed by atoms with Crippen LogP contribution in [0.15, 0.2) is 36.4 Å². The number of carbonyl (C=O) groups excluding carboxylic acids is 1. The minimum atomic E-state index is -0.444. The Morgan fingerprint density at radius 2 is 2.13 bits per heavy atom. The normalized spacial score (nSPS) is 19.8. The first kappa shape index (κ1) is 20.4. The van der Waals surface area contributed by atoms with Crippen molar-refractivity contribution >= 4 is 11.7 Å². The summed E-state index contributed by atoms with van der Waals surface area (Å²) >= 11 is 0. The monoisotopic (exact) mass is 414 g/mol. The lowest BCUT2D eigenvalue weighted by atomic mass is 9.96. The molecule has 0 unspecified atom stereocenters. The maximum Gasteiger partial charge on any atom is 0.237 e. The first-order valence-electron chi connectivity index (χ1n) is 10.2. The van der Waals surface area contributed by atoms with Gasteiger partial charge in [0, 0.05) is 12.1 Å². The van der Waals surface area contributed by atoms with E-state index in [1.807, 2.05) is 42.2 Å². The van der Waals surface area contributed by atoms with E-state index in [0.29, 0.717) is 24.5 Å². The standard InChI is InChI=1S/C22H27FN4O3/c1-22(30-16-7-4-3-5-8-16)13-27(14-22)19-17(23)11-15(21(26-19)29-2)12-25-20(28)18-9-6-10-24-18/h3-5,7-8,11,18,24H,6,9-10,12-14H2,1-2H3,(H,25,28)/t18-/m0/s1. The summed E-state index contributed by atoms with van der Waals surface area (Å²) in [5.74, 6) is 0.794. The molecule has 8 heteroatoms. The summed E-state index contributed by atoms with van der Waals surface area (Å²) in [5, 5.41) is 5.98. The Morgan fingerprint density at radius 3 is 2.80 bits per heavy atom. The van der Waals surface area contributed by atoms with E-state index in [9.17, 15) is 9.18 Å². The predicted molar refractivity (Wildman–Crippen MR) is 111 cm³/mol. The summed E-state index contributed by atoms with van der Waals surface area (Å²) in [6, 6.07) is 10.8. The number of benzene rings is 1. The van der Waals surface area contributed by atoms with Crippen molar-refractivity contribution in [1.82, 2.24) is 15.6 Å². The third-order valence-corrected chi connectivity index (χ3v) is 5.48. The van der Waals surface area contributed by atoms with Crippen molar-refractivity contribution in [1.29, 1.82) is 0 Å². The number of halogens is 1. The molecule has 4 rings (SSSR count). The van der Waals surface area contributed by atoms with E-state index in [-0.39, 0.29) is 24.3 Å². The van der Waals surface area contributed by atoms with Gasteiger partial charge in [-0.05, 0) is 44.5 Å². The zero-order valence-electron chi connectivity index (χ0n) is 17.3. The second-order valence-corrected chi connectivity index (χ2v) is 8.05. The molecule has 0 bridgehead atoms. The number of hydrogen-bond acceptors (Lipinski definition) is 6. The molecule has 1 aromatic heterocycles. The number of rotatable bonds is 7. The molecule has 1 aromatic carbocycles. The molecule has 2 aliphatic rings. The SMILES string of the molecule is COc1nc(N2CC(C)(Oc3ccccc3)C2)c(F)cc1CNC(=O)[C@@H]1CCCN1. The van der Waals surface area contributed by atoms with Crippen LogP contribution in [0.2, 0.25) is 0 Å². The van der Waals surface area contributed by atoms with Crippen LogP contribution in [0.4, 0.5) is 10.2 Å². The average molecular weight is 414 g/mol. The van der Waals surface area contributed by atoms with Gasteiger partial charge in [0.25, 0.3) is 0 Å². The van der Waals surface area contributed by atoms with Gasteiger partial charge < -0.3 is 25.0 Å². The number of para-hydroxylation sites is 1. The number of methoxy groups -OCH3 is 1.